The summed E-state index contributed by atoms with van der Waals surface area (Å²) in [7, 11) is -3.58. The summed E-state index contributed by atoms with van der Waals surface area (Å²) in [6, 6.07) is 25.9. The van der Waals surface area contributed by atoms with Crippen molar-refractivity contribution < 1.29 is 16.8 Å². The van der Waals surface area contributed by atoms with Gasteiger partial charge in [-0.05, 0) is 53.6 Å². The molecular weight excluding hydrogens is 508 g/mol. The molecule has 0 aliphatic carbocycles. The SMILES string of the molecule is CCS(=O)c1ccc(-c2cc(-c3cccc(-c4cc(-c5ccc(S(=O)(=O)OC)cc5)[nH]n4)c3)n[nH]2)cc1. The zero-order valence-electron chi connectivity index (χ0n) is 20.1. The molecule has 0 amide bonds. The van der Waals surface area contributed by atoms with Gasteiger partial charge in [0.05, 0.1) is 45.6 Å². The highest BCUT2D eigenvalue weighted by molar-refractivity contribution is 7.86. The lowest BCUT2D eigenvalue weighted by Crippen LogP contribution is -2.02. The number of hydrogen-bond acceptors (Lipinski definition) is 6. The highest BCUT2D eigenvalue weighted by Gasteiger charge is 2.14. The van der Waals surface area contributed by atoms with E-state index in [1.54, 1.807) is 12.1 Å². The topological polar surface area (TPSA) is 118 Å². The van der Waals surface area contributed by atoms with Crippen LogP contribution in [0.2, 0.25) is 0 Å². The van der Waals surface area contributed by atoms with E-state index in [4.69, 9.17) is 0 Å². The van der Waals surface area contributed by atoms with E-state index in [1.807, 2.05) is 67.6 Å². The Kier molecular flexibility index (Phi) is 6.88. The third kappa shape index (κ3) is 5.17. The molecule has 188 valence electrons. The molecule has 1 atom stereocenters. The summed E-state index contributed by atoms with van der Waals surface area (Å²) < 4.78 is 40.3. The number of rotatable bonds is 8. The lowest BCUT2D eigenvalue weighted by molar-refractivity contribution is 0.398. The van der Waals surface area contributed by atoms with Crippen molar-refractivity contribution in [2.45, 2.75) is 16.7 Å². The van der Waals surface area contributed by atoms with Crippen LogP contribution >= 0.6 is 0 Å². The molecule has 0 spiro atoms. The molecule has 37 heavy (non-hydrogen) atoms. The summed E-state index contributed by atoms with van der Waals surface area (Å²) in [5, 5.41) is 15.0. The highest BCUT2D eigenvalue weighted by Crippen LogP contribution is 2.30. The zero-order valence-corrected chi connectivity index (χ0v) is 21.8. The number of hydrogen-bond donors (Lipinski definition) is 2. The summed E-state index contributed by atoms with van der Waals surface area (Å²) >= 11 is 0. The molecule has 3 aromatic carbocycles. The fourth-order valence-electron chi connectivity index (χ4n) is 3.92. The van der Waals surface area contributed by atoms with Crippen LogP contribution in [0.4, 0.5) is 0 Å². The maximum Gasteiger partial charge on any atom is 0.296 e. The van der Waals surface area contributed by atoms with Gasteiger partial charge in [0.15, 0.2) is 0 Å². The van der Waals surface area contributed by atoms with E-state index in [-0.39, 0.29) is 4.90 Å². The van der Waals surface area contributed by atoms with E-state index in [0.717, 1.165) is 57.0 Å². The van der Waals surface area contributed by atoms with E-state index >= 15 is 0 Å². The first-order valence-electron chi connectivity index (χ1n) is 11.5. The molecule has 0 aliphatic heterocycles. The van der Waals surface area contributed by atoms with Crippen molar-refractivity contribution >= 4 is 20.9 Å². The minimum absolute atomic E-state index is 0.0939. The van der Waals surface area contributed by atoms with Gasteiger partial charge in [0.1, 0.15) is 0 Å². The van der Waals surface area contributed by atoms with Gasteiger partial charge in [-0.1, -0.05) is 49.4 Å². The van der Waals surface area contributed by atoms with Gasteiger partial charge in [-0.3, -0.25) is 18.6 Å². The minimum atomic E-state index is -3.74. The third-order valence-electron chi connectivity index (χ3n) is 5.97. The summed E-state index contributed by atoms with van der Waals surface area (Å²) in [6.45, 7) is 1.90. The maximum atomic E-state index is 12.0. The Labute approximate surface area is 217 Å². The van der Waals surface area contributed by atoms with Crippen LogP contribution in [0.1, 0.15) is 6.92 Å². The second-order valence-corrected chi connectivity index (χ2v) is 11.7. The van der Waals surface area contributed by atoms with Gasteiger partial charge in [0, 0.05) is 21.8 Å². The van der Waals surface area contributed by atoms with Crippen molar-refractivity contribution in [1.29, 1.82) is 0 Å². The van der Waals surface area contributed by atoms with Crippen LogP contribution in [0.15, 0.2) is 94.7 Å². The van der Waals surface area contributed by atoms with E-state index in [0.29, 0.717) is 5.75 Å². The Morgan fingerprint density at radius 3 is 1.76 bits per heavy atom. The fraction of sp³-hybridized carbons (Fsp3) is 0.111. The van der Waals surface area contributed by atoms with Gasteiger partial charge in [-0.2, -0.15) is 18.6 Å². The summed E-state index contributed by atoms with van der Waals surface area (Å²) in [6.07, 6.45) is 0. The van der Waals surface area contributed by atoms with Crippen molar-refractivity contribution in [2.75, 3.05) is 12.9 Å². The molecule has 5 aromatic rings. The average molecular weight is 533 g/mol. The molecule has 1 unspecified atom stereocenters. The quantitative estimate of drug-likeness (QED) is 0.263. The van der Waals surface area contributed by atoms with Crippen molar-refractivity contribution in [3.8, 4) is 45.0 Å². The van der Waals surface area contributed by atoms with Crippen molar-refractivity contribution in [2.24, 2.45) is 0 Å². The van der Waals surface area contributed by atoms with Crippen LogP contribution in [0.5, 0.6) is 0 Å². The van der Waals surface area contributed by atoms with Crippen LogP contribution in [-0.2, 0) is 25.1 Å². The van der Waals surface area contributed by atoms with E-state index < -0.39 is 20.9 Å². The average Bonchev–Trinajstić information content (AvgIpc) is 3.64. The van der Waals surface area contributed by atoms with Gasteiger partial charge in [-0.15, -0.1) is 0 Å². The minimum Gasteiger partial charge on any atom is -0.277 e. The summed E-state index contributed by atoms with van der Waals surface area (Å²) in [4.78, 5) is 0.907. The van der Waals surface area contributed by atoms with Crippen LogP contribution in [-0.4, -0.2) is 45.9 Å². The molecule has 0 fully saturated rings. The number of H-pyrrole nitrogens is 2. The van der Waals surface area contributed by atoms with Crippen molar-refractivity contribution in [3.05, 3.63) is 84.9 Å². The van der Waals surface area contributed by atoms with Crippen LogP contribution in [0.3, 0.4) is 0 Å². The van der Waals surface area contributed by atoms with Gasteiger partial charge >= 0.3 is 0 Å². The van der Waals surface area contributed by atoms with Gasteiger partial charge < -0.3 is 0 Å². The first kappa shape index (κ1) is 24.8. The number of nitrogens with one attached hydrogen (secondary N) is 2. The summed E-state index contributed by atoms with van der Waals surface area (Å²) in [5.74, 6) is 0.590. The highest BCUT2D eigenvalue weighted by atomic mass is 32.2. The molecule has 10 heteroatoms. The lowest BCUT2D eigenvalue weighted by atomic mass is 10.0. The molecule has 0 aliphatic rings. The number of aromatic nitrogens is 4. The summed E-state index contributed by atoms with van der Waals surface area (Å²) in [5.41, 5.74) is 6.79. The molecule has 0 bridgehead atoms. The first-order valence-corrected chi connectivity index (χ1v) is 14.2. The van der Waals surface area contributed by atoms with Crippen LogP contribution < -0.4 is 0 Å². The Hall–Kier alpha value is -3.86. The fourth-order valence-corrected chi connectivity index (χ4v) is 5.36. The molecule has 2 N–H and O–H groups in total. The molecular formula is C27H24N4O4S2. The van der Waals surface area contributed by atoms with E-state index in [1.165, 1.54) is 12.1 Å². The molecule has 2 heterocycles. The number of nitrogens with zero attached hydrogens (tertiary/aromatic N) is 2. The number of aromatic amines is 2. The molecule has 0 radical (unpaired) electrons. The largest absolute Gasteiger partial charge is 0.296 e. The Balaban J connectivity index is 1.37. The lowest BCUT2D eigenvalue weighted by Gasteiger charge is -2.02. The Morgan fingerprint density at radius 2 is 1.27 bits per heavy atom. The van der Waals surface area contributed by atoms with E-state index in [9.17, 15) is 12.6 Å². The van der Waals surface area contributed by atoms with Crippen LogP contribution in [0.25, 0.3) is 45.0 Å². The zero-order chi connectivity index (χ0) is 26.0. The maximum absolute atomic E-state index is 12.0. The first-order chi connectivity index (χ1) is 17.9. The normalized spacial score (nSPS) is 12.5. The van der Waals surface area contributed by atoms with Gasteiger partial charge in [-0.25, -0.2) is 0 Å². The van der Waals surface area contributed by atoms with Gasteiger partial charge in [0.25, 0.3) is 10.1 Å². The molecule has 2 aromatic heterocycles. The van der Waals surface area contributed by atoms with Crippen LogP contribution in [0, 0.1) is 0 Å². The van der Waals surface area contributed by atoms with Crippen molar-refractivity contribution in [1.82, 2.24) is 20.4 Å². The van der Waals surface area contributed by atoms with E-state index in [2.05, 4.69) is 24.6 Å². The second kappa shape index (κ2) is 10.3. The third-order valence-corrected chi connectivity index (χ3v) is 8.58. The van der Waals surface area contributed by atoms with Crippen molar-refractivity contribution in [3.63, 3.8) is 0 Å². The molecule has 0 saturated heterocycles. The molecule has 0 saturated carbocycles. The monoisotopic (exact) mass is 532 g/mol. The Morgan fingerprint density at radius 1 is 0.757 bits per heavy atom. The Bertz CT molecular complexity index is 1670. The predicted octanol–water partition coefficient (Wildman–Crippen LogP) is 5.26. The van der Waals surface area contributed by atoms with Gasteiger partial charge in [0.2, 0.25) is 0 Å². The molecule has 5 rings (SSSR count). The smallest absolute Gasteiger partial charge is 0.277 e. The standard InChI is InChI=1S/C27H24N4O4S2/c1-3-36(32)22-11-7-18(8-12-22)24-16-26(30-28-24)20-5-4-6-21(15-20)27-17-25(29-31-27)19-9-13-23(14-10-19)37(33,34)35-2/h4-17H,3H2,1-2H3,(H,28,30)(H,29,31). The molecule has 8 nitrogen and oxygen atoms in total. The second-order valence-electron chi connectivity index (χ2n) is 8.22. The predicted molar refractivity (Wildman–Crippen MR) is 144 cm³/mol. The number of benzene rings is 3.